The molecule has 15 heavy (non-hydrogen) atoms. The fourth-order valence-electron chi connectivity index (χ4n) is 1.50. The number of ketones is 1. The van der Waals surface area contributed by atoms with E-state index in [1.807, 2.05) is 32.9 Å². The van der Waals surface area contributed by atoms with Gasteiger partial charge in [-0.2, -0.15) is 0 Å². The molecule has 0 unspecified atom stereocenters. The van der Waals surface area contributed by atoms with Gasteiger partial charge in [-0.05, 0) is 12.1 Å². The summed E-state index contributed by atoms with van der Waals surface area (Å²) in [6.45, 7) is 5.75. The molecule has 0 amide bonds. The molecule has 0 aliphatic rings. The highest BCUT2D eigenvalue weighted by Crippen LogP contribution is 2.22. The van der Waals surface area contributed by atoms with Crippen LogP contribution in [0.3, 0.4) is 0 Å². The predicted octanol–water partition coefficient (Wildman–Crippen LogP) is 2.79. The third kappa shape index (κ3) is 1.77. The highest BCUT2D eigenvalue weighted by Gasteiger charge is 2.24. The average molecular weight is 202 g/mol. The van der Waals surface area contributed by atoms with Gasteiger partial charge in [0, 0.05) is 28.7 Å². The van der Waals surface area contributed by atoms with Gasteiger partial charge in [-0.15, -0.1) is 0 Å². The lowest BCUT2D eigenvalue weighted by atomic mass is 9.89. The average Bonchev–Trinajstić information content (AvgIpc) is 2.58. The van der Waals surface area contributed by atoms with Crippen LogP contribution in [0.5, 0.6) is 0 Å². The van der Waals surface area contributed by atoms with Crippen molar-refractivity contribution in [1.82, 2.24) is 9.97 Å². The minimum atomic E-state index is -0.353. The summed E-state index contributed by atoms with van der Waals surface area (Å²) in [5, 5.41) is 0.977. The number of aromatic amines is 1. The molecule has 3 heteroatoms. The van der Waals surface area contributed by atoms with E-state index in [2.05, 4.69) is 9.97 Å². The molecule has 0 aromatic carbocycles. The molecule has 2 heterocycles. The molecule has 0 aliphatic heterocycles. The van der Waals surface area contributed by atoms with Crippen LogP contribution in [0.4, 0.5) is 0 Å². The first kappa shape index (κ1) is 9.90. The van der Waals surface area contributed by atoms with E-state index < -0.39 is 0 Å². The van der Waals surface area contributed by atoms with Gasteiger partial charge in [-0.1, -0.05) is 20.8 Å². The number of fused-ring (bicyclic) bond motifs is 1. The quantitative estimate of drug-likeness (QED) is 0.723. The van der Waals surface area contributed by atoms with E-state index in [0.29, 0.717) is 5.69 Å². The number of carbonyl (C=O) groups excluding carboxylic acids is 1. The van der Waals surface area contributed by atoms with Gasteiger partial charge in [-0.25, -0.2) is 0 Å². The zero-order valence-corrected chi connectivity index (χ0v) is 9.16. The summed E-state index contributed by atoms with van der Waals surface area (Å²) < 4.78 is 0. The molecule has 2 rings (SSSR count). The van der Waals surface area contributed by atoms with E-state index >= 15 is 0 Å². The Labute approximate surface area is 88.5 Å². The number of hydrogen-bond acceptors (Lipinski definition) is 2. The van der Waals surface area contributed by atoms with Crippen molar-refractivity contribution in [3.8, 4) is 0 Å². The van der Waals surface area contributed by atoms with Gasteiger partial charge >= 0.3 is 0 Å². The van der Waals surface area contributed by atoms with E-state index in [1.165, 1.54) is 0 Å². The Kier molecular flexibility index (Phi) is 2.11. The van der Waals surface area contributed by atoms with Crippen LogP contribution >= 0.6 is 0 Å². The molecule has 0 saturated carbocycles. The van der Waals surface area contributed by atoms with Crippen molar-refractivity contribution in [3.05, 3.63) is 30.2 Å². The summed E-state index contributed by atoms with van der Waals surface area (Å²) in [4.78, 5) is 19.1. The number of rotatable bonds is 1. The number of carbonyl (C=O) groups is 1. The van der Waals surface area contributed by atoms with Gasteiger partial charge in [0.1, 0.15) is 0 Å². The molecule has 0 saturated heterocycles. The molecular weight excluding hydrogens is 188 g/mol. The molecule has 78 valence electrons. The molecule has 0 radical (unpaired) electrons. The Bertz CT molecular complexity index is 473. The number of pyridine rings is 1. The normalized spacial score (nSPS) is 11.9. The maximum absolute atomic E-state index is 12.0. The van der Waals surface area contributed by atoms with Gasteiger partial charge in [-0.3, -0.25) is 9.78 Å². The number of H-pyrrole nitrogens is 1. The minimum absolute atomic E-state index is 0.124. The third-order valence-corrected chi connectivity index (χ3v) is 2.35. The van der Waals surface area contributed by atoms with E-state index in [-0.39, 0.29) is 11.2 Å². The van der Waals surface area contributed by atoms with Crippen LogP contribution in [0.15, 0.2) is 24.5 Å². The lowest BCUT2D eigenvalue weighted by Gasteiger charge is -2.14. The summed E-state index contributed by atoms with van der Waals surface area (Å²) in [5.41, 5.74) is 1.26. The SMILES string of the molecule is CC(C)(C)C(=O)c1cc2cnccc2[nH]1. The lowest BCUT2D eigenvalue weighted by molar-refractivity contribution is 0.0854. The summed E-state index contributed by atoms with van der Waals surface area (Å²) in [7, 11) is 0. The molecule has 3 nitrogen and oxygen atoms in total. The van der Waals surface area contributed by atoms with Crippen LogP contribution in [0, 0.1) is 5.41 Å². The highest BCUT2D eigenvalue weighted by atomic mass is 16.1. The lowest BCUT2D eigenvalue weighted by Crippen LogP contribution is -2.20. The molecule has 0 aliphatic carbocycles. The maximum Gasteiger partial charge on any atom is 0.184 e. The summed E-state index contributed by atoms with van der Waals surface area (Å²) in [5.74, 6) is 0.124. The number of Topliss-reactive ketones (excluding diaryl/α,β-unsaturated/α-hetero) is 1. The Morgan fingerprint density at radius 3 is 2.73 bits per heavy atom. The summed E-state index contributed by atoms with van der Waals surface area (Å²) in [6.07, 6.45) is 3.47. The Morgan fingerprint density at radius 1 is 1.40 bits per heavy atom. The largest absolute Gasteiger partial charge is 0.352 e. The Hall–Kier alpha value is -1.64. The molecule has 0 atom stereocenters. The zero-order valence-electron chi connectivity index (χ0n) is 9.16. The van der Waals surface area contributed by atoms with E-state index in [9.17, 15) is 4.79 Å². The predicted molar refractivity (Wildman–Crippen MR) is 59.9 cm³/mol. The van der Waals surface area contributed by atoms with Crippen molar-refractivity contribution < 1.29 is 4.79 Å². The van der Waals surface area contributed by atoms with Crippen LogP contribution < -0.4 is 0 Å². The van der Waals surface area contributed by atoms with Crippen LogP contribution in [0.2, 0.25) is 0 Å². The second-order valence-corrected chi connectivity index (χ2v) is 4.73. The van der Waals surface area contributed by atoms with Crippen LogP contribution in [-0.2, 0) is 0 Å². The van der Waals surface area contributed by atoms with Gasteiger partial charge < -0.3 is 4.98 Å². The minimum Gasteiger partial charge on any atom is -0.352 e. The van der Waals surface area contributed by atoms with Crippen LogP contribution in [0.1, 0.15) is 31.3 Å². The van der Waals surface area contributed by atoms with E-state index in [1.54, 1.807) is 12.4 Å². The number of hydrogen-bond donors (Lipinski definition) is 1. The number of nitrogens with zero attached hydrogens (tertiary/aromatic N) is 1. The van der Waals surface area contributed by atoms with Crippen molar-refractivity contribution in [2.45, 2.75) is 20.8 Å². The molecule has 2 aromatic rings. The Balaban J connectivity index is 2.50. The second kappa shape index (κ2) is 3.19. The van der Waals surface area contributed by atoms with Gasteiger partial charge in [0.2, 0.25) is 0 Å². The standard InChI is InChI=1S/C12H14N2O/c1-12(2,3)11(15)10-6-8-7-13-5-4-9(8)14-10/h4-7,14H,1-3H3. The highest BCUT2D eigenvalue weighted by molar-refractivity contribution is 6.02. The van der Waals surface area contributed by atoms with Gasteiger partial charge in [0.25, 0.3) is 0 Å². The molecular formula is C12H14N2O. The van der Waals surface area contributed by atoms with E-state index in [0.717, 1.165) is 10.9 Å². The van der Waals surface area contributed by atoms with E-state index in [4.69, 9.17) is 0 Å². The fraction of sp³-hybridized carbons (Fsp3) is 0.333. The van der Waals surface area contributed by atoms with Crippen molar-refractivity contribution in [3.63, 3.8) is 0 Å². The summed E-state index contributed by atoms with van der Waals surface area (Å²) in [6, 6.07) is 3.73. The molecule has 1 N–H and O–H groups in total. The number of aromatic nitrogens is 2. The van der Waals surface area contributed by atoms with Crippen molar-refractivity contribution >= 4 is 16.7 Å². The van der Waals surface area contributed by atoms with Crippen molar-refractivity contribution in [1.29, 1.82) is 0 Å². The first-order chi connectivity index (χ1) is 6.98. The summed E-state index contributed by atoms with van der Waals surface area (Å²) >= 11 is 0. The molecule has 0 fully saturated rings. The smallest absolute Gasteiger partial charge is 0.184 e. The van der Waals surface area contributed by atoms with Crippen LogP contribution in [-0.4, -0.2) is 15.8 Å². The van der Waals surface area contributed by atoms with Gasteiger partial charge in [0.15, 0.2) is 5.78 Å². The topological polar surface area (TPSA) is 45.8 Å². The first-order valence-corrected chi connectivity index (χ1v) is 4.96. The van der Waals surface area contributed by atoms with Crippen molar-refractivity contribution in [2.24, 2.45) is 5.41 Å². The monoisotopic (exact) mass is 202 g/mol. The first-order valence-electron chi connectivity index (χ1n) is 4.96. The third-order valence-electron chi connectivity index (χ3n) is 2.35. The fourth-order valence-corrected chi connectivity index (χ4v) is 1.50. The molecule has 2 aromatic heterocycles. The maximum atomic E-state index is 12.0. The van der Waals surface area contributed by atoms with Gasteiger partial charge in [0.05, 0.1) is 5.69 Å². The van der Waals surface area contributed by atoms with Crippen molar-refractivity contribution in [2.75, 3.05) is 0 Å². The second-order valence-electron chi connectivity index (χ2n) is 4.73. The molecule has 0 bridgehead atoms. The zero-order chi connectivity index (χ0) is 11.1. The Morgan fingerprint density at radius 2 is 2.13 bits per heavy atom. The van der Waals surface area contributed by atoms with Crippen LogP contribution in [0.25, 0.3) is 10.9 Å². The molecule has 0 spiro atoms. The number of nitrogens with one attached hydrogen (secondary N) is 1.